The lowest BCUT2D eigenvalue weighted by molar-refractivity contribution is -0.384. The van der Waals surface area contributed by atoms with Crippen molar-refractivity contribution in [3.05, 3.63) is 52.3 Å². The van der Waals surface area contributed by atoms with E-state index in [1.54, 1.807) is 12.3 Å². The fourth-order valence-electron chi connectivity index (χ4n) is 1.85. The Hall–Kier alpha value is -2.37. The van der Waals surface area contributed by atoms with Crippen LogP contribution in [-0.2, 0) is 13.1 Å². The standard InChI is InChI=1S/C13H16N4O2/c1-2-8-16-13(6-7-15-16)10-14-11-4-3-5-12(9-11)17(18)19/h3-7,9,14H,2,8,10H2,1H3. The van der Waals surface area contributed by atoms with Crippen molar-refractivity contribution in [1.82, 2.24) is 9.78 Å². The van der Waals surface area contributed by atoms with Crippen LogP contribution in [-0.4, -0.2) is 14.7 Å². The maximum absolute atomic E-state index is 10.7. The first-order chi connectivity index (χ1) is 9.20. The number of nitrogens with one attached hydrogen (secondary N) is 1. The summed E-state index contributed by atoms with van der Waals surface area (Å²) in [5.41, 5.74) is 1.89. The molecule has 0 unspecified atom stereocenters. The van der Waals surface area contributed by atoms with Crippen LogP contribution in [0.2, 0.25) is 0 Å². The van der Waals surface area contributed by atoms with E-state index in [0.29, 0.717) is 6.54 Å². The summed E-state index contributed by atoms with van der Waals surface area (Å²) in [4.78, 5) is 10.3. The van der Waals surface area contributed by atoms with Crippen molar-refractivity contribution in [3.63, 3.8) is 0 Å². The molecule has 0 aliphatic heterocycles. The van der Waals surface area contributed by atoms with E-state index in [1.807, 2.05) is 16.8 Å². The van der Waals surface area contributed by atoms with Crippen molar-refractivity contribution in [2.75, 3.05) is 5.32 Å². The van der Waals surface area contributed by atoms with Crippen LogP contribution in [0.15, 0.2) is 36.5 Å². The number of hydrogen-bond donors (Lipinski definition) is 1. The minimum Gasteiger partial charge on any atom is -0.379 e. The Kier molecular flexibility index (Phi) is 4.12. The minimum atomic E-state index is -0.396. The van der Waals surface area contributed by atoms with Gasteiger partial charge in [-0.15, -0.1) is 0 Å². The van der Waals surface area contributed by atoms with Crippen LogP contribution < -0.4 is 5.32 Å². The van der Waals surface area contributed by atoms with Gasteiger partial charge in [-0.2, -0.15) is 5.10 Å². The molecule has 2 rings (SSSR count). The van der Waals surface area contributed by atoms with E-state index in [0.717, 1.165) is 24.3 Å². The van der Waals surface area contributed by atoms with E-state index < -0.39 is 4.92 Å². The van der Waals surface area contributed by atoms with Gasteiger partial charge in [0.15, 0.2) is 0 Å². The van der Waals surface area contributed by atoms with Crippen LogP contribution in [0.5, 0.6) is 0 Å². The lowest BCUT2D eigenvalue weighted by Gasteiger charge is -2.08. The number of anilines is 1. The van der Waals surface area contributed by atoms with Gasteiger partial charge in [0.05, 0.1) is 17.2 Å². The molecule has 0 bridgehead atoms. The molecule has 0 aliphatic rings. The van der Waals surface area contributed by atoms with E-state index in [-0.39, 0.29) is 5.69 Å². The lowest BCUT2D eigenvalue weighted by Crippen LogP contribution is -2.08. The summed E-state index contributed by atoms with van der Waals surface area (Å²) in [6.07, 6.45) is 2.78. The first kappa shape index (κ1) is 13.1. The zero-order valence-corrected chi connectivity index (χ0v) is 10.7. The normalized spacial score (nSPS) is 10.4. The molecular formula is C13H16N4O2. The summed E-state index contributed by atoms with van der Waals surface area (Å²) in [7, 11) is 0. The predicted octanol–water partition coefficient (Wildman–Crippen LogP) is 2.81. The van der Waals surface area contributed by atoms with E-state index >= 15 is 0 Å². The van der Waals surface area contributed by atoms with Gasteiger partial charge in [0, 0.05) is 30.6 Å². The number of aryl methyl sites for hydroxylation is 1. The third kappa shape index (κ3) is 3.31. The number of benzene rings is 1. The van der Waals surface area contributed by atoms with Crippen LogP contribution >= 0.6 is 0 Å². The molecule has 0 radical (unpaired) electrons. The van der Waals surface area contributed by atoms with Gasteiger partial charge in [0.1, 0.15) is 0 Å². The van der Waals surface area contributed by atoms with Crippen LogP contribution in [0.4, 0.5) is 11.4 Å². The Morgan fingerprint density at radius 3 is 3.00 bits per heavy atom. The Labute approximate surface area is 111 Å². The number of non-ortho nitro benzene ring substituents is 1. The third-order valence-corrected chi connectivity index (χ3v) is 2.77. The van der Waals surface area contributed by atoms with Crippen molar-refractivity contribution in [2.45, 2.75) is 26.4 Å². The molecule has 1 aromatic carbocycles. The van der Waals surface area contributed by atoms with Crippen LogP contribution in [0.3, 0.4) is 0 Å². The molecule has 0 aliphatic carbocycles. The Morgan fingerprint density at radius 1 is 1.42 bits per heavy atom. The van der Waals surface area contributed by atoms with Gasteiger partial charge >= 0.3 is 0 Å². The second kappa shape index (κ2) is 5.99. The van der Waals surface area contributed by atoms with Crippen LogP contribution in [0.1, 0.15) is 19.0 Å². The van der Waals surface area contributed by atoms with Crippen molar-refractivity contribution in [2.24, 2.45) is 0 Å². The molecule has 0 amide bonds. The van der Waals surface area contributed by atoms with Gasteiger partial charge in [-0.1, -0.05) is 13.0 Å². The van der Waals surface area contributed by atoms with E-state index in [4.69, 9.17) is 0 Å². The van der Waals surface area contributed by atoms with Gasteiger partial charge in [-0.3, -0.25) is 14.8 Å². The second-order valence-electron chi connectivity index (χ2n) is 4.21. The molecule has 0 atom stereocenters. The molecule has 6 nitrogen and oxygen atoms in total. The number of nitrogens with zero attached hydrogens (tertiary/aromatic N) is 3. The molecule has 1 aromatic heterocycles. The number of nitro benzene ring substituents is 1. The highest BCUT2D eigenvalue weighted by molar-refractivity contribution is 5.51. The molecule has 100 valence electrons. The largest absolute Gasteiger partial charge is 0.379 e. The second-order valence-corrected chi connectivity index (χ2v) is 4.21. The number of hydrogen-bond acceptors (Lipinski definition) is 4. The molecule has 1 heterocycles. The minimum absolute atomic E-state index is 0.0899. The quantitative estimate of drug-likeness (QED) is 0.640. The number of aromatic nitrogens is 2. The first-order valence-corrected chi connectivity index (χ1v) is 6.19. The Balaban J connectivity index is 2.04. The zero-order chi connectivity index (χ0) is 13.7. The predicted molar refractivity (Wildman–Crippen MR) is 72.9 cm³/mol. The smallest absolute Gasteiger partial charge is 0.271 e. The summed E-state index contributed by atoms with van der Waals surface area (Å²) >= 11 is 0. The monoisotopic (exact) mass is 260 g/mol. The average Bonchev–Trinajstić information content (AvgIpc) is 2.85. The van der Waals surface area contributed by atoms with Crippen molar-refractivity contribution < 1.29 is 4.92 Å². The van der Waals surface area contributed by atoms with Gasteiger partial charge in [0.2, 0.25) is 0 Å². The summed E-state index contributed by atoms with van der Waals surface area (Å²) < 4.78 is 1.93. The number of nitro groups is 1. The summed E-state index contributed by atoms with van der Waals surface area (Å²) in [6.45, 7) is 3.57. The van der Waals surface area contributed by atoms with Crippen molar-refractivity contribution in [3.8, 4) is 0 Å². The van der Waals surface area contributed by atoms with Gasteiger partial charge in [-0.05, 0) is 18.6 Å². The fourth-order valence-corrected chi connectivity index (χ4v) is 1.85. The van der Waals surface area contributed by atoms with Gasteiger partial charge in [-0.25, -0.2) is 0 Å². The molecular weight excluding hydrogens is 244 g/mol. The highest BCUT2D eigenvalue weighted by atomic mass is 16.6. The molecule has 2 aromatic rings. The van der Waals surface area contributed by atoms with Gasteiger partial charge in [0.25, 0.3) is 5.69 Å². The third-order valence-electron chi connectivity index (χ3n) is 2.77. The van der Waals surface area contributed by atoms with E-state index in [9.17, 15) is 10.1 Å². The summed E-state index contributed by atoms with van der Waals surface area (Å²) in [6, 6.07) is 8.43. The Bertz CT molecular complexity index is 565. The zero-order valence-electron chi connectivity index (χ0n) is 10.7. The van der Waals surface area contributed by atoms with Gasteiger partial charge < -0.3 is 5.32 Å². The summed E-state index contributed by atoms with van der Waals surface area (Å²) in [5, 5.41) is 18.1. The lowest BCUT2D eigenvalue weighted by atomic mass is 10.2. The molecule has 6 heteroatoms. The van der Waals surface area contributed by atoms with Crippen molar-refractivity contribution in [1.29, 1.82) is 0 Å². The van der Waals surface area contributed by atoms with E-state index in [1.165, 1.54) is 12.1 Å². The topological polar surface area (TPSA) is 73.0 Å². The molecule has 0 saturated carbocycles. The highest BCUT2D eigenvalue weighted by Gasteiger charge is 2.06. The Morgan fingerprint density at radius 2 is 2.26 bits per heavy atom. The van der Waals surface area contributed by atoms with Crippen molar-refractivity contribution >= 4 is 11.4 Å². The molecule has 19 heavy (non-hydrogen) atoms. The molecule has 0 saturated heterocycles. The van der Waals surface area contributed by atoms with Crippen LogP contribution in [0.25, 0.3) is 0 Å². The summed E-state index contributed by atoms with van der Waals surface area (Å²) in [5.74, 6) is 0. The fraction of sp³-hybridized carbons (Fsp3) is 0.308. The molecule has 1 N–H and O–H groups in total. The van der Waals surface area contributed by atoms with E-state index in [2.05, 4.69) is 17.3 Å². The van der Waals surface area contributed by atoms with Crippen LogP contribution in [0, 0.1) is 10.1 Å². The maximum atomic E-state index is 10.7. The molecule has 0 spiro atoms. The maximum Gasteiger partial charge on any atom is 0.271 e. The molecule has 0 fully saturated rings. The average molecular weight is 260 g/mol. The highest BCUT2D eigenvalue weighted by Crippen LogP contribution is 2.17. The number of rotatable bonds is 6. The first-order valence-electron chi connectivity index (χ1n) is 6.19. The SMILES string of the molecule is CCCn1nccc1CNc1cccc([N+](=O)[O-])c1.